The van der Waals surface area contributed by atoms with Gasteiger partial charge in [-0.25, -0.2) is 9.80 Å². The number of rotatable bonds is 2. The van der Waals surface area contributed by atoms with Crippen LogP contribution in [-0.4, -0.2) is 34.9 Å². The second-order valence-electron chi connectivity index (χ2n) is 3.54. The van der Waals surface area contributed by atoms with Crippen LogP contribution in [0.4, 0.5) is 4.79 Å². The van der Waals surface area contributed by atoms with Gasteiger partial charge in [0.15, 0.2) is 0 Å². The zero-order valence-electron chi connectivity index (χ0n) is 7.37. The minimum absolute atomic E-state index is 0.152. The third-order valence-corrected chi connectivity index (χ3v) is 2.27. The Bertz CT molecular complexity index is 323. The van der Waals surface area contributed by atoms with E-state index in [-0.39, 0.29) is 6.54 Å². The van der Waals surface area contributed by atoms with Crippen molar-refractivity contribution in [2.45, 2.75) is 18.4 Å². The maximum absolute atomic E-state index is 11.4. The number of hydrogen-bond donors (Lipinski definition) is 3. The first-order valence-corrected chi connectivity index (χ1v) is 4.23. The summed E-state index contributed by atoms with van der Waals surface area (Å²) >= 11 is 0. The Kier molecular flexibility index (Phi) is 1.71. The van der Waals surface area contributed by atoms with E-state index in [0.717, 1.165) is 5.01 Å². The molecule has 7 heteroatoms. The Morgan fingerprint density at radius 2 is 2.14 bits per heavy atom. The summed E-state index contributed by atoms with van der Waals surface area (Å²) in [4.78, 5) is 33.1. The third-order valence-electron chi connectivity index (χ3n) is 2.27. The maximum atomic E-state index is 11.4. The molecule has 1 aliphatic carbocycles. The standard InChI is InChI=1S/C7H10N4O3/c8-7(1-2-7)5(13)10-11-3-4(12)9-6(11)14/h1-3,8H2,(H,10,13)(H,9,12,14). The van der Waals surface area contributed by atoms with E-state index >= 15 is 0 Å². The SMILES string of the molecule is NC1(C(=O)NN2CC(=O)NC2=O)CC1. The predicted molar refractivity (Wildman–Crippen MR) is 44.5 cm³/mol. The minimum Gasteiger partial charge on any atom is -0.317 e. The average molecular weight is 198 g/mol. The van der Waals surface area contributed by atoms with Gasteiger partial charge in [0.25, 0.3) is 5.91 Å². The summed E-state index contributed by atoms with van der Waals surface area (Å²) in [7, 11) is 0. The summed E-state index contributed by atoms with van der Waals surface area (Å²) in [5.74, 6) is -0.848. The van der Waals surface area contributed by atoms with Gasteiger partial charge in [-0.3, -0.25) is 20.3 Å². The Morgan fingerprint density at radius 1 is 1.50 bits per heavy atom. The molecular formula is C7H10N4O3. The van der Waals surface area contributed by atoms with Crippen molar-refractivity contribution in [1.82, 2.24) is 15.8 Å². The first-order valence-electron chi connectivity index (χ1n) is 4.23. The number of imide groups is 1. The molecular weight excluding hydrogens is 188 g/mol. The lowest BCUT2D eigenvalue weighted by Crippen LogP contribution is -2.51. The zero-order chi connectivity index (χ0) is 10.3. The molecule has 2 fully saturated rings. The van der Waals surface area contributed by atoms with Crippen LogP contribution < -0.4 is 16.5 Å². The van der Waals surface area contributed by atoms with Gasteiger partial charge >= 0.3 is 6.03 Å². The summed E-state index contributed by atoms with van der Waals surface area (Å²) < 4.78 is 0. The summed E-state index contributed by atoms with van der Waals surface area (Å²) in [6.45, 7) is -0.152. The monoisotopic (exact) mass is 198 g/mol. The third kappa shape index (κ3) is 1.41. The average Bonchev–Trinajstić information content (AvgIpc) is 2.76. The normalized spacial score (nSPS) is 23.4. The molecule has 0 radical (unpaired) electrons. The Labute approximate surface area is 79.6 Å². The van der Waals surface area contributed by atoms with Crippen molar-refractivity contribution >= 4 is 17.8 Å². The van der Waals surface area contributed by atoms with Gasteiger partial charge in [-0.1, -0.05) is 0 Å². The van der Waals surface area contributed by atoms with Crippen molar-refractivity contribution in [3.05, 3.63) is 0 Å². The van der Waals surface area contributed by atoms with E-state index < -0.39 is 23.4 Å². The van der Waals surface area contributed by atoms with Gasteiger partial charge in [-0.2, -0.15) is 0 Å². The fraction of sp³-hybridized carbons (Fsp3) is 0.571. The second-order valence-corrected chi connectivity index (χ2v) is 3.54. The van der Waals surface area contributed by atoms with Crippen LogP contribution in [0.25, 0.3) is 0 Å². The predicted octanol–water partition coefficient (Wildman–Crippen LogP) is -1.94. The van der Waals surface area contributed by atoms with Crippen LogP contribution >= 0.6 is 0 Å². The first kappa shape index (κ1) is 8.95. The number of nitrogens with two attached hydrogens (primary N) is 1. The molecule has 0 spiro atoms. The zero-order valence-corrected chi connectivity index (χ0v) is 7.37. The van der Waals surface area contributed by atoms with Crippen LogP contribution in [0.15, 0.2) is 0 Å². The molecule has 1 aliphatic heterocycles. The molecule has 0 aromatic rings. The van der Waals surface area contributed by atoms with Gasteiger partial charge in [0.2, 0.25) is 5.91 Å². The lowest BCUT2D eigenvalue weighted by Gasteiger charge is -2.17. The maximum Gasteiger partial charge on any atom is 0.343 e. The molecule has 0 aromatic heterocycles. The molecule has 0 aromatic carbocycles. The Morgan fingerprint density at radius 3 is 2.57 bits per heavy atom. The first-order chi connectivity index (χ1) is 6.51. The molecule has 1 saturated heterocycles. The molecule has 14 heavy (non-hydrogen) atoms. The molecule has 4 amide bonds. The summed E-state index contributed by atoms with van der Waals surface area (Å²) in [5.41, 5.74) is 7.05. The quantitative estimate of drug-likeness (QED) is 0.449. The van der Waals surface area contributed by atoms with Crippen molar-refractivity contribution in [2.24, 2.45) is 5.73 Å². The lowest BCUT2D eigenvalue weighted by molar-refractivity contribution is -0.127. The molecule has 2 rings (SSSR count). The Balaban J connectivity index is 1.95. The molecule has 0 atom stereocenters. The number of carbonyl (C=O) groups excluding carboxylic acids is 3. The van der Waals surface area contributed by atoms with E-state index in [2.05, 4.69) is 5.43 Å². The van der Waals surface area contributed by atoms with Crippen molar-refractivity contribution in [1.29, 1.82) is 0 Å². The summed E-state index contributed by atoms with van der Waals surface area (Å²) in [6.07, 6.45) is 1.23. The van der Waals surface area contributed by atoms with Gasteiger partial charge in [0.05, 0.1) is 5.54 Å². The van der Waals surface area contributed by atoms with Crippen molar-refractivity contribution < 1.29 is 14.4 Å². The topological polar surface area (TPSA) is 105 Å². The molecule has 7 nitrogen and oxygen atoms in total. The number of hydrazine groups is 1. The summed E-state index contributed by atoms with van der Waals surface area (Å²) in [6, 6.07) is -0.618. The van der Waals surface area contributed by atoms with Crippen molar-refractivity contribution in [2.75, 3.05) is 6.54 Å². The highest BCUT2D eigenvalue weighted by molar-refractivity contribution is 6.03. The number of hydrogen-bond acceptors (Lipinski definition) is 4. The van der Waals surface area contributed by atoms with Gasteiger partial charge in [0.1, 0.15) is 6.54 Å². The molecule has 76 valence electrons. The van der Waals surface area contributed by atoms with E-state index in [4.69, 9.17) is 5.73 Å². The number of nitrogens with one attached hydrogen (secondary N) is 2. The largest absolute Gasteiger partial charge is 0.343 e. The smallest absolute Gasteiger partial charge is 0.317 e. The molecule has 4 N–H and O–H groups in total. The highest BCUT2D eigenvalue weighted by Crippen LogP contribution is 2.32. The van der Waals surface area contributed by atoms with Crippen molar-refractivity contribution in [3.8, 4) is 0 Å². The number of carbonyl (C=O) groups is 3. The molecule has 1 heterocycles. The van der Waals surface area contributed by atoms with Crippen molar-refractivity contribution in [3.63, 3.8) is 0 Å². The lowest BCUT2D eigenvalue weighted by atomic mass is 10.3. The van der Waals surface area contributed by atoms with E-state index in [1.54, 1.807) is 0 Å². The highest BCUT2D eigenvalue weighted by Gasteiger charge is 2.47. The highest BCUT2D eigenvalue weighted by atomic mass is 16.2. The van der Waals surface area contributed by atoms with Crippen LogP contribution in [0.2, 0.25) is 0 Å². The van der Waals surface area contributed by atoms with Crippen LogP contribution in [0.5, 0.6) is 0 Å². The minimum atomic E-state index is -0.841. The fourth-order valence-corrected chi connectivity index (χ4v) is 1.13. The molecule has 0 unspecified atom stereocenters. The molecule has 2 aliphatic rings. The van der Waals surface area contributed by atoms with Crippen LogP contribution in [0, 0.1) is 0 Å². The van der Waals surface area contributed by atoms with Gasteiger partial charge in [0, 0.05) is 0 Å². The van der Waals surface area contributed by atoms with Gasteiger partial charge in [-0.15, -0.1) is 0 Å². The molecule has 0 bridgehead atoms. The van der Waals surface area contributed by atoms with E-state index in [0.29, 0.717) is 12.8 Å². The van der Waals surface area contributed by atoms with Crippen LogP contribution in [0.3, 0.4) is 0 Å². The number of nitrogens with zero attached hydrogens (tertiary/aromatic N) is 1. The second kappa shape index (κ2) is 2.68. The van der Waals surface area contributed by atoms with E-state index in [1.165, 1.54) is 0 Å². The number of urea groups is 1. The number of amides is 4. The Hall–Kier alpha value is -1.63. The van der Waals surface area contributed by atoms with Crippen LogP contribution in [0.1, 0.15) is 12.8 Å². The van der Waals surface area contributed by atoms with Gasteiger partial charge < -0.3 is 5.73 Å². The summed E-state index contributed by atoms with van der Waals surface area (Å²) in [5, 5.41) is 2.96. The van der Waals surface area contributed by atoms with Gasteiger partial charge in [-0.05, 0) is 12.8 Å². The fourth-order valence-electron chi connectivity index (χ4n) is 1.13. The van der Waals surface area contributed by atoms with Crippen LogP contribution in [-0.2, 0) is 9.59 Å². The van der Waals surface area contributed by atoms with E-state index in [9.17, 15) is 14.4 Å². The van der Waals surface area contributed by atoms with E-state index in [1.807, 2.05) is 5.32 Å². The molecule has 1 saturated carbocycles.